The van der Waals surface area contributed by atoms with Gasteiger partial charge in [0.05, 0.1) is 25.8 Å². The summed E-state index contributed by atoms with van der Waals surface area (Å²) in [6.07, 6.45) is 4.68. The van der Waals surface area contributed by atoms with Crippen LogP contribution in [0.2, 0.25) is 0 Å². The molecular weight excluding hydrogens is 487 g/mol. The Morgan fingerprint density at radius 3 is 2.47 bits per heavy atom. The quantitative estimate of drug-likeness (QED) is 0.304. The van der Waals surface area contributed by atoms with Crippen molar-refractivity contribution in [2.75, 3.05) is 14.2 Å². The first-order valence-electron chi connectivity index (χ1n) is 12.8. The average Bonchev–Trinajstić information content (AvgIpc) is 3.72. The number of carboxylic acids is 1. The van der Waals surface area contributed by atoms with Gasteiger partial charge in [-0.1, -0.05) is 32.9 Å². The largest absolute Gasteiger partial charge is 0.481 e. The van der Waals surface area contributed by atoms with E-state index in [9.17, 15) is 14.3 Å². The van der Waals surface area contributed by atoms with Crippen LogP contribution in [-0.2, 0) is 16.1 Å². The second kappa shape index (κ2) is 11.5. The van der Waals surface area contributed by atoms with E-state index in [1.54, 1.807) is 19.4 Å². The molecule has 38 heavy (non-hydrogen) atoms. The van der Waals surface area contributed by atoms with Gasteiger partial charge in [0, 0.05) is 31.0 Å². The summed E-state index contributed by atoms with van der Waals surface area (Å²) >= 11 is 0. The lowest BCUT2D eigenvalue weighted by Gasteiger charge is -2.32. The molecule has 2 heterocycles. The van der Waals surface area contributed by atoms with Crippen molar-refractivity contribution in [1.29, 1.82) is 0 Å². The van der Waals surface area contributed by atoms with Crippen molar-refractivity contribution in [3.8, 4) is 22.9 Å². The Hall–Kier alpha value is -3.52. The number of nitrogens with zero attached hydrogens (tertiary/aromatic N) is 2. The molecule has 1 fully saturated rings. The fraction of sp³-hybridized carbons (Fsp3) is 0.433. The molecule has 0 aliphatic heterocycles. The Morgan fingerprint density at radius 2 is 1.84 bits per heavy atom. The zero-order chi connectivity index (χ0) is 27.4. The van der Waals surface area contributed by atoms with Crippen molar-refractivity contribution in [3.63, 3.8) is 0 Å². The van der Waals surface area contributed by atoms with Crippen molar-refractivity contribution in [3.05, 3.63) is 71.3 Å². The highest BCUT2D eigenvalue weighted by Crippen LogP contribution is 2.45. The lowest BCUT2D eigenvalue weighted by Crippen LogP contribution is -2.21. The number of methoxy groups -OCH3 is 2. The molecule has 7 nitrogen and oxygen atoms in total. The van der Waals surface area contributed by atoms with E-state index in [2.05, 4.69) is 30.7 Å². The summed E-state index contributed by atoms with van der Waals surface area (Å²) < 4.78 is 32.1. The second-order valence-corrected chi connectivity index (χ2v) is 10.9. The smallest absolute Gasteiger partial charge is 0.303 e. The minimum absolute atomic E-state index is 0.0368. The number of carboxylic acid groups (broad SMARTS) is 1. The van der Waals surface area contributed by atoms with Gasteiger partial charge in [0.2, 0.25) is 11.8 Å². The zero-order valence-corrected chi connectivity index (χ0v) is 22.5. The maximum atomic E-state index is 14.9. The molecule has 8 heteroatoms. The van der Waals surface area contributed by atoms with Gasteiger partial charge >= 0.3 is 5.97 Å². The first-order valence-corrected chi connectivity index (χ1v) is 12.8. The summed E-state index contributed by atoms with van der Waals surface area (Å²) in [5.74, 6) is -0.135. The van der Waals surface area contributed by atoms with E-state index in [-0.39, 0.29) is 30.5 Å². The molecule has 1 saturated carbocycles. The van der Waals surface area contributed by atoms with Crippen LogP contribution in [0.4, 0.5) is 4.39 Å². The summed E-state index contributed by atoms with van der Waals surface area (Å²) in [5.41, 5.74) is 3.43. The van der Waals surface area contributed by atoms with E-state index in [4.69, 9.17) is 14.2 Å². The van der Waals surface area contributed by atoms with Crippen molar-refractivity contribution in [2.45, 2.75) is 58.7 Å². The summed E-state index contributed by atoms with van der Waals surface area (Å²) in [6, 6.07) is 11.0. The highest BCUT2D eigenvalue weighted by Gasteiger charge is 2.34. The van der Waals surface area contributed by atoms with Crippen LogP contribution < -0.4 is 9.47 Å². The maximum absolute atomic E-state index is 14.9. The third kappa shape index (κ3) is 6.48. The molecule has 0 amide bonds. The molecule has 0 radical (unpaired) electrons. The number of rotatable bonds is 11. The molecule has 1 aliphatic rings. The van der Waals surface area contributed by atoms with E-state index in [1.807, 2.05) is 30.3 Å². The highest BCUT2D eigenvalue weighted by molar-refractivity contribution is 5.70. The predicted octanol–water partition coefficient (Wildman–Crippen LogP) is 6.57. The predicted molar refractivity (Wildman–Crippen MR) is 142 cm³/mol. The fourth-order valence-electron chi connectivity index (χ4n) is 4.98. The molecule has 0 bridgehead atoms. The lowest BCUT2D eigenvalue weighted by molar-refractivity contribution is -0.137. The van der Waals surface area contributed by atoms with Gasteiger partial charge in [-0.15, -0.1) is 0 Å². The second-order valence-electron chi connectivity index (χ2n) is 10.9. The molecule has 3 aromatic rings. The van der Waals surface area contributed by atoms with Crippen LogP contribution in [0, 0.1) is 17.2 Å². The lowest BCUT2D eigenvalue weighted by atomic mass is 9.81. The van der Waals surface area contributed by atoms with Gasteiger partial charge in [0.15, 0.2) is 0 Å². The minimum atomic E-state index is -0.802. The van der Waals surface area contributed by atoms with Crippen molar-refractivity contribution in [2.24, 2.45) is 11.3 Å². The maximum Gasteiger partial charge on any atom is 0.303 e. The summed E-state index contributed by atoms with van der Waals surface area (Å²) in [7, 11) is 3.14. The van der Waals surface area contributed by atoms with Crippen molar-refractivity contribution < 1.29 is 28.5 Å². The highest BCUT2D eigenvalue weighted by atomic mass is 19.1. The Balaban J connectivity index is 1.64. The number of halogens is 1. The van der Waals surface area contributed by atoms with Crippen LogP contribution >= 0.6 is 0 Å². The molecular formula is C30H35FN2O5. The number of hydrogen-bond acceptors (Lipinski definition) is 6. The molecule has 0 spiro atoms. The molecule has 0 saturated heterocycles. The van der Waals surface area contributed by atoms with Crippen LogP contribution in [-0.4, -0.2) is 35.3 Å². The summed E-state index contributed by atoms with van der Waals surface area (Å²) in [6.45, 7) is 6.45. The van der Waals surface area contributed by atoms with Crippen LogP contribution in [0.5, 0.6) is 11.8 Å². The van der Waals surface area contributed by atoms with Gasteiger partial charge < -0.3 is 19.3 Å². The summed E-state index contributed by atoms with van der Waals surface area (Å²) in [4.78, 5) is 19.7. The normalized spacial score (nSPS) is 15.1. The Bertz CT molecular complexity index is 1290. The number of benzene rings is 1. The van der Waals surface area contributed by atoms with Crippen LogP contribution in [0.15, 0.2) is 48.8 Å². The molecule has 0 unspecified atom stereocenters. The van der Waals surface area contributed by atoms with E-state index in [0.29, 0.717) is 28.8 Å². The fourth-order valence-corrected chi connectivity index (χ4v) is 4.98. The third-order valence-corrected chi connectivity index (χ3v) is 6.91. The molecule has 2 atom stereocenters. The summed E-state index contributed by atoms with van der Waals surface area (Å²) in [5, 5.41) is 9.35. The third-order valence-electron chi connectivity index (χ3n) is 6.91. The van der Waals surface area contributed by atoms with Crippen LogP contribution in [0.25, 0.3) is 11.1 Å². The van der Waals surface area contributed by atoms with E-state index < -0.39 is 11.8 Å². The topological polar surface area (TPSA) is 90.8 Å². The van der Waals surface area contributed by atoms with Gasteiger partial charge in [-0.05, 0) is 64.5 Å². The monoisotopic (exact) mass is 522 g/mol. The van der Waals surface area contributed by atoms with Crippen LogP contribution in [0.1, 0.15) is 68.7 Å². The first-order chi connectivity index (χ1) is 18.1. The Kier molecular flexibility index (Phi) is 8.31. The molecule has 4 rings (SSSR count). The van der Waals surface area contributed by atoms with Crippen LogP contribution in [0.3, 0.4) is 0 Å². The Morgan fingerprint density at radius 1 is 1.08 bits per heavy atom. The standard InChI is InChI=1S/C30H35FN2O5/c1-30(2,3)29(37-5)24-12-18(6-9-21(24)23-14-26(36-4)33-16-25(23)31)17-38-27-13-20(10-11-32-27)22(15-28(34)35)19-7-8-19/h6,9-14,16,19,22,29H,7-8,15,17H2,1-5H3,(H,34,35)/t22-,29-/m0/s1. The number of carbonyl (C=O) groups is 1. The van der Waals surface area contributed by atoms with Gasteiger partial charge in [-0.2, -0.15) is 0 Å². The molecule has 1 N–H and O–H groups in total. The number of aliphatic carboxylic acids is 1. The van der Waals surface area contributed by atoms with Crippen molar-refractivity contribution in [1.82, 2.24) is 9.97 Å². The van der Waals surface area contributed by atoms with Gasteiger partial charge in [0.25, 0.3) is 0 Å². The van der Waals surface area contributed by atoms with Gasteiger partial charge in [-0.3, -0.25) is 4.79 Å². The van der Waals surface area contributed by atoms with Gasteiger partial charge in [0.1, 0.15) is 12.4 Å². The Labute approximate surface area is 223 Å². The number of pyridine rings is 2. The minimum Gasteiger partial charge on any atom is -0.481 e. The van der Waals surface area contributed by atoms with E-state index in [0.717, 1.165) is 35.7 Å². The molecule has 1 aliphatic carbocycles. The first kappa shape index (κ1) is 27.5. The molecule has 1 aromatic carbocycles. The van der Waals surface area contributed by atoms with E-state index in [1.165, 1.54) is 7.11 Å². The van der Waals surface area contributed by atoms with Crippen molar-refractivity contribution >= 4 is 5.97 Å². The van der Waals surface area contributed by atoms with E-state index >= 15 is 0 Å². The number of hydrogen-bond donors (Lipinski definition) is 1. The average molecular weight is 523 g/mol. The zero-order valence-electron chi connectivity index (χ0n) is 22.5. The molecule has 202 valence electrons. The molecule has 2 aromatic heterocycles. The number of ether oxygens (including phenoxy) is 3. The van der Waals surface area contributed by atoms with Gasteiger partial charge in [-0.25, -0.2) is 14.4 Å². The SMILES string of the molecule is COc1cc(-c2ccc(COc3cc([C@@H](CC(=O)O)C4CC4)ccn3)cc2[C@H](OC)C(C)(C)C)c(F)cn1. The number of aromatic nitrogens is 2.